The van der Waals surface area contributed by atoms with Crippen LogP contribution in [0.5, 0.6) is 0 Å². The Balaban J connectivity index is 1.60. The molecule has 0 spiro atoms. The van der Waals surface area contributed by atoms with E-state index in [9.17, 15) is 14.9 Å². The zero-order chi connectivity index (χ0) is 20.4. The molecule has 3 aromatic rings. The Labute approximate surface area is 172 Å². The third-order valence-electron chi connectivity index (χ3n) is 5.01. The number of likely N-dealkylation sites (tertiary alicyclic amines) is 1. The number of nitro groups is 1. The van der Waals surface area contributed by atoms with E-state index in [2.05, 4.69) is 10.3 Å². The Morgan fingerprint density at radius 3 is 2.72 bits per heavy atom. The van der Waals surface area contributed by atoms with Gasteiger partial charge in [-0.1, -0.05) is 54.1 Å². The molecule has 8 heteroatoms. The highest BCUT2D eigenvalue weighted by molar-refractivity contribution is 6.33. The summed E-state index contributed by atoms with van der Waals surface area (Å²) in [6.45, 7) is 1.75. The van der Waals surface area contributed by atoms with Crippen LogP contribution in [0.25, 0.3) is 10.9 Å². The third kappa shape index (κ3) is 4.00. The van der Waals surface area contributed by atoms with E-state index in [1.807, 2.05) is 35.2 Å². The molecule has 2 heterocycles. The van der Waals surface area contributed by atoms with E-state index in [1.54, 1.807) is 18.2 Å². The fraction of sp³-hybridized carbons (Fsp3) is 0.238. The normalized spacial score (nSPS) is 13.8. The SMILES string of the molecule is O=C1CCCN1Cc1cccc(CNc2c([N+](=O)[O-])c(Cl)nc3ccccc23)c1. The number of para-hydroxylation sites is 1. The number of carbonyl (C=O) groups excluding carboxylic acids is 1. The van der Waals surface area contributed by atoms with Gasteiger partial charge in [0.2, 0.25) is 11.1 Å². The van der Waals surface area contributed by atoms with Gasteiger partial charge in [-0.25, -0.2) is 4.98 Å². The predicted octanol–water partition coefficient (Wildman–Crippen LogP) is 4.53. The summed E-state index contributed by atoms with van der Waals surface area (Å²) >= 11 is 6.09. The zero-order valence-corrected chi connectivity index (χ0v) is 16.4. The molecular weight excluding hydrogens is 392 g/mol. The van der Waals surface area contributed by atoms with Crippen LogP contribution in [0.4, 0.5) is 11.4 Å². The number of pyridine rings is 1. The lowest BCUT2D eigenvalue weighted by molar-refractivity contribution is -0.384. The van der Waals surface area contributed by atoms with Gasteiger partial charge in [0.15, 0.2) is 0 Å². The molecular formula is C21H19ClN4O3. The van der Waals surface area contributed by atoms with Gasteiger partial charge < -0.3 is 10.2 Å². The number of nitrogens with one attached hydrogen (secondary N) is 1. The molecule has 0 unspecified atom stereocenters. The first-order valence-corrected chi connectivity index (χ1v) is 9.73. The van der Waals surface area contributed by atoms with Crippen LogP contribution in [0.3, 0.4) is 0 Å². The first kappa shape index (κ1) is 19.1. The highest BCUT2D eigenvalue weighted by Crippen LogP contribution is 2.37. The molecule has 1 saturated heterocycles. The summed E-state index contributed by atoms with van der Waals surface area (Å²) < 4.78 is 0. The molecule has 0 atom stereocenters. The maximum atomic E-state index is 11.9. The Bertz CT molecular complexity index is 1100. The number of nitrogens with zero attached hydrogens (tertiary/aromatic N) is 3. The molecule has 1 aliphatic heterocycles. The lowest BCUT2D eigenvalue weighted by Crippen LogP contribution is -2.23. The summed E-state index contributed by atoms with van der Waals surface area (Å²) in [5.74, 6) is 0.182. The summed E-state index contributed by atoms with van der Waals surface area (Å²) in [6.07, 6.45) is 1.51. The van der Waals surface area contributed by atoms with E-state index in [4.69, 9.17) is 11.6 Å². The monoisotopic (exact) mass is 410 g/mol. The van der Waals surface area contributed by atoms with Crippen LogP contribution in [-0.2, 0) is 17.9 Å². The van der Waals surface area contributed by atoms with Gasteiger partial charge in [-0.05, 0) is 23.6 Å². The van der Waals surface area contributed by atoms with Gasteiger partial charge in [0, 0.05) is 31.4 Å². The molecule has 1 aromatic heterocycles. The third-order valence-corrected chi connectivity index (χ3v) is 5.28. The highest BCUT2D eigenvalue weighted by Gasteiger charge is 2.24. The average Bonchev–Trinajstić information content (AvgIpc) is 3.10. The van der Waals surface area contributed by atoms with Crippen molar-refractivity contribution in [3.8, 4) is 0 Å². The average molecular weight is 411 g/mol. The molecule has 29 heavy (non-hydrogen) atoms. The quantitative estimate of drug-likeness (QED) is 0.366. The smallest absolute Gasteiger partial charge is 0.329 e. The lowest BCUT2D eigenvalue weighted by atomic mass is 10.1. The van der Waals surface area contributed by atoms with Gasteiger partial charge >= 0.3 is 5.69 Å². The number of halogens is 1. The fourth-order valence-corrected chi connectivity index (χ4v) is 3.89. The van der Waals surface area contributed by atoms with Gasteiger partial charge in [0.1, 0.15) is 5.69 Å². The predicted molar refractivity (Wildman–Crippen MR) is 112 cm³/mol. The van der Waals surface area contributed by atoms with Crippen LogP contribution < -0.4 is 5.32 Å². The van der Waals surface area contributed by atoms with Crippen LogP contribution in [0.15, 0.2) is 48.5 Å². The Hall–Kier alpha value is -3.19. The number of aromatic nitrogens is 1. The number of rotatable bonds is 6. The van der Waals surface area contributed by atoms with E-state index < -0.39 is 4.92 Å². The number of hydrogen-bond acceptors (Lipinski definition) is 5. The van der Waals surface area contributed by atoms with Crippen molar-refractivity contribution in [1.82, 2.24) is 9.88 Å². The molecule has 1 N–H and O–H groups in total. The molecule has 0 radical (unpaired) electrons. The minimum absolute atomic E-state index is 0.141. The maximum Gasteiger partial charge on any atom is 0.329 e. The molecule has 2 aromatic carbocycles. The van der Waals surface area contributed by atoms with E-state index in [1.165, 1.54) is 0 Å². The summed E-state index contributed by atoms with van der Waals surface area (Å²) in [4.78, 5) is 28.9. The van der Waals surface area contributed by atoms with E-state index in [0.717, 1.165) is 24.1 Å². The lowest BCUT2D eigenvalue weighted by Gasteiger charge is -2.16. The number of hydrogen-bond donors (Lipinski definition) is 1. The van der Waals surface area contributed by atoms with E-state index in [-0.39, 0.29) is 16.7 Å². The fourth-order valence-electron chi connectivity index (χ4n) is 3.64. The van der Waals surface area contributed by atoms with Crippen molar-refractivity contribution >= 4 is 39.8 Å². The first-order chi connectivity index (χ1) is 14.0. The van der Waals surface area contributed by atoms with E-state index in [0.29, 0.717) is 36.1 Å². The zero-order valence-electron chi connectivity index (χ0n) is 15.6. The van der Waals surface area contributed by atoms with Crippen molar-refractivity contribution in [2.24, 2.45) is 0 Å². The van der Waals surface area contributed by atoms with Crippen molar-refractivity contribution in [3.05, 3.63) is 74.9 Å². The molecule has 4 rings (SSSR count). The first-order valence-electron chi connectivity index (χ1n) is 9.35. The minimum atomic E-state index is -0.514. The van der Waals surface area contributed by atoms with Crippen LogP contribution in [0.2, 0.25) is 5.15 Å². The second kappa shape index (κ2) is 8.05. The maximum absolute atomic E-state index is 11.9. The largest absolute Gasteiger partial charge is 0.375 e. The van der Waals surface area contributed by atoms with Gasteiger partial charge in [-0.3, -0.25) is 14.9 Å². The molecule has 1 fully saturated rings. The Kier molecular flexibility index (Phi) is 5.31. The standard InChI is InChI=1S/C21H19ClN4O3/c22-21-20(26(28)29)19(16-7-1-2-8-17(16)24-21)23-12-14-5-3-6-15(11-14)13-25-10-4-9-18(25)27/h1-3,5-8,11H,4,9-10,12-13H2,(H,23,24). The second-order valence-corrected chi connectivity index (χ2v) is 7.35. The van der Waals surface area contributed by atoms with Gasteiger partial charge in [-0.15, -0.1) is 0 Å². The molecule has 0 aliphatic carbocycles. The van der Waals surface area contributed by atoms with Crippen molar-refractivity contribution in [2.45, 2.75) is 25.9 Å². The van der Waals surface area contributed by atoms with Crippen LogP contribution in [0, 0.1) is 10.1 Å². The molecule has 7 nitrogen and oxygen atoms in total. The summed E-state index contributed by atoms with van der Waals surface area (Å²) in [5.41, 5.74) is 2.70. The van der Waals surface area contributed by atoms with Crippen LogP contribution in [-0.4, -0.2) is 27.3 Å². The topological polar surface area (TPSA) is 88.4 Å². The number of carbonyl (C=O) groups is 1. The number of benzene rings is 2. The van der Waals surface area contributed by atoms with Crippen molar-refractivity contribution in [1.29, 1.82) is 0 Å². The van der Waals surface area contributed by atoms with Crippen molar-refractivity contribution in [2.75, 3.05) is 11.9 Å². The Morgan fingerprint density at radius 2 is 1.97 bits per heavy atom. The summed E-state index contributed by atoms with van der Waals surface area (Å²) in [7, 11) is 0. The van der Waals surface area contributed by atoms with E-state index >= 15 is 0 Å². The summed E-state index contributed by atoms with van der Waals surface area (Å²) in [5, 5.41) is 15.3. The molecule has 0 saturated carbocycles. The van der Waals surface area contributed by atoms with Crippen molar-refractivity contribution < 1.29 is 9.72 Å². The minimum Gasteiger partial charge on any atom is -0.375 e. The molecule has 1 amide bonds. The van der Waals surface area contributed by atoms with Crippen LogP contribution in [0.1, 0.15) is 24.0 Å². The number of anilines is 1. The van der Waals surface area contributed by atoms with Gasteiger partial charge in [-0.2, -0.15) is 0 Å². The van der Waals surface area contributed by atoms with Crippen LogP contribution >= 0.6 is 11.6 Å². The summed E-state index contributed by atoms with van der Waals surface area (Å²) in [6, 6.07) is 15.0. The highest BCUT2D eigenvalue weighted by atomic mass is 35.5. The van der Waals surface area contributed by atoms with Crippen molar-refractivity contribution in [3.63, 3.8) is 0 Å². The molecule has 148 valence electrons. The van der Waals surface area contributed by atoms with Gasteiger partial charge in [0.05, 0.1) is 10.4 Å². The molecule has 0 bridgehead atoms. The number of amides is 1. The Morgan fingerprint density at radius 1 is 1.17 bits per heavy atom. The molecule has 1 aliphatic rings. The van der Waals surface area contributed by atoms with Gasteiger partial charge in [0.25, 0.3) is 0 Å². The second-order valence-electron chi connectivity index (χ2n) is 6.99. The number of fused-ring (bicyclic) bond motifs is 1.